The van der Waals surface area contributed by atoms with E-state index in [1.165, 1.54) is 17.0 Å². The Bertz CT molecular complexity index is 979. The van der Waals surface area contributed by atoms with Crippen LogP contribution in [-0.2, 0) is 4.79 Å². The number of nitrogens with one attached hydrogen (secondary N) is 1. The number of carbonyl (C=O) groups excluding carboxylic acids is 1. The molecule has 0 radical (unpaired) electrons. The Morgan fingerprint density at radius 1 is 1.19 bits per heavy atom. The lowest BCUT2D eigenvalue weighted by Gasteiger charge is -2.33. The highest BCUT2D eigenvalue weighted by molar-refractivity contribution is 6.30. The molecule has 0 spiro atoms. The van der Waals surface area contributed by atoms with Crippen molar-refractivity contribution in [2.45, 2.75) is 18.5 Å². The number of H-pyrrole nitrogens is 1. The number of carbonyl (C=O) groups is 1. The number of pyridine rings is 1. The Morgan fingerprint density at radius 3 is 2.70 bits per heavy atom. The van der Waals surface area contributed by atoms with E-state index in [9.17, 15) is 13.6 Å². The van der Waals surface area contributed by atoms with Crippen LogP contribution in [0, 0.1) is 5.82 Å². The summed E-state index contributed by atoms with van der Waals surface area (Å²) < 4.78 is 28.5. The van der Waals surface area contributed by atoms with Gasteiger partial charge in [-0.25, -0.2) is 8.78 Å². The van der Waals surface area contributed by atoms with E-state index in [2.05, 4.69) is 15.2 Å². The van der Waals surface area contributed by atoms with E-state index >= 15 is 0 Å². The second-order valence-electron chi connectivity index (χ2n) is 6.34. The second-order valence-corrected chi connectivity index (χ2v) is 6.74. The molecule has 1 amide bonds. The highest BCUT2D eigenvalue weighted by atomic mass is 35.5. The van der Waals surface area contributed by atoms with E-state index in [1.54, 1.807) is 36.7 Å². The van der Waals surface area contributed by atoms with Crippen LogP contribution in [0.1, 0.15) is 17.9 Å². The molecule has 138 valence electrons. The molecule has 0 bridgehead atoms. The number of amides is 1. The highest BCUT2D eigenvalue weighted by Gasteiger charge is 2.39. The second kappa shape index (κ2) is 7.08. The first-order chi connectivity index (χ1) is 13.0. The molecule has 1 aromatic carbocycles. The molecule has 0 aliphatic carbocycles. The van der Waals surface area contributed by atoms with Gasteiger partial charge in [0.1, 0.15) is 5.82 Å². The van der Waals surface area contributed by atoms with Crippen molar-refractivity contribution in [2.75, 3.05) is 11.4 Å². The number of piperidine rings is 1. The van der Waals surface area contributed by atoms with Gasteiger partial charge < -0.3 is 0 Å². The summed E-state index contributed by atoms with van der Waals surface area (Å²) in [5, 5.41) is 6.96. The lowest BCUT2D eigenvalue weighted by Crippen LogP contribution is -2.46. The number of anilines is 1. The van der Waals surface area contributed by atoms with Gasteiger partial charge in [0.05, 0.1) is 10.7 Å². The molecule has 1 fully saturated rings. The van der Waals surface area contributed by atoms with Gasteiger partial charge in [-0.1, -0.05) is 17.7 Å². The van der Waals surface area contributed by atoms with Gasteiger partial charge in [0, 0.05) is 36.5 Å². The topological polar surface area (TPSA) is 61.9 Å². The molecule has 0 unspecified atom stereocenters. The Kier molecular flexibility index (Phi) is 4.61. The maximum absolute atomic E-state index is 14.8. The summed E-state index contributed by atoms with van der Waals surface area (Å²) in [6, 6.07) is 9.43. The van der Waals surface area contributed by atoms with Crippen molar-refractivity contribution >= 4 is 23.3 Å². The van der Waals surface area contributed by atoms with Crippen LogP contribution in [0.15, 0.2) is 48.8 Å². The Morgan fingerprint density at radius 2 is 1.96 bits per heavy atom. The maximum atomic E-state index is 14.8. The van der Waals surface area contributed by atoms with Gasteiger partial charge in [0.15, 0.2) is 12.0 Å². The van der Waals surface area contributed by atoms with Crippen LogP contribution < -0.4 is 4.90 Å². The van der Waals surface area contributed by atoms with Crippen molar-refractivity contribution in [2.24, 2.45) is 0 Å². The molecular weight excluding hydrogens is 374 g/mol. The summed E-state index contributed by atoms with van der Waals surface area (Å²) in [4.78, 5) is 17.8. The van der Waals surface area contributed by atoms with Crippen LogP contribution >= 0.6 is 11.6 Å². The first-order valence-electron chi connectivity index (χ1n) is 8.41. The van der Waals surface area contributed by atoms with Gasteiger partial charge in [-0.15, -0.1) is 0 Å². The van der Waals surface area contributed by atoms with Gasteiger partial charge in [-0.05, 0) is 36.2 Å². The minimum Gasteiger partial charge on any atom is -0.293 e. The summed E-state index contributed by atoms with van der Waals surface area (Å²) in [7, 11) is 0. The predicted octanol–water partition coefficient (Wildman–Crippen LogP) is 4.12. The van der Waals surface area contributed by atoms with Crippen LogP contribution in [0.5, 0.6) is 0 Å². The minimum absolute atomic E-state index is 0.0296. The number of alkyl halides is 1. The van der Waals surface area contributed by atoms with Crippen LogP contribution in [0.2, 0.25) is 5.02 Å². The molecule has 2 aromatic heterocycles. The van der Waals surface area contributed by atoms with E-state index in [0.717, 1.165) is 5.56 Å². The third-order valence-corrected chi connectivity index (χ3v) is 5.03. The summed E-state index contributed by atoms with van der Waals surface area (Å²) in [6.45, 7) is 0.287. The van der Waals surface area contributed by atoms with Crippen molar-refractivity contribution in [3.8, 4) is 11.3 Å². The van der Waals surface area contributed by atoms with E-state index in [0.29, 0.717) is 23.5 Å². The molecule has 1 aliphatic rings. The van der Waals surface area contributed by atoms with Gasteiger partial charge in [-0.2, -0.15) is 5.10 Å². The fraction of sp³-hybridized carbons (Fsp3) is 0.211. The molecule has 27 heavy (non-hydrogen) atoms. The van der Waals surface area contributed by atoms with Crippen molar-refractivity contribution in [1.29, 1.82) is 0 Å². The van der Waals surface area contributed by atoms with Crippen LogP contribution in [0.25, 0.3) is 11.3 Å². The van der Waals surface area contributed by atoms with Gasteiger partial charge >= 0.3 is 0 Å². The number of benzene rings is 1. The quantitative estimate of drug-likeness (QED) is 0.734. The summed E-state index contributed by atoms with van der Waals surface area (Å²) in [5.41, 5.74) is 1.99. The summed E-state index contributed by atoms with van der Waals surface area (Å²) in [5.74, 6) is -1.66. The molecule has 3 heterocycles. The first-order valence-corrected chi connectivity index (χ1v) is 8.78. The Balaban J connectivity index is 1.55. The monoisotopic (exact) mass is 388 g/mol. The fourth-order valence-electron chi connectivity index (χ4n) is 3.28. The predicted molar refractivity (Wildman–Crippen MR) is 97.8 cm³/mol. The Labute approximate surface area is 159 Å². The number of hydrogen-bond acceptors (Lipinski definition) is 3. The standard InChI is InChI=1S/C19H15ClF2N4O/c20-14-2-1-12(9-15(14)21)13-5-8-26(19(27)18(13)22)17-10-16(24-25-17)11-3-6-23-7-4-11/h1-4,6-7,9-10,13,18H,5,8H2,(H,24,25)/t13-,18-/m1/s1. The molecule has 1 N–H and O–H groups in total. The molecule has 1 aliphatic heterocycles. The molecule has 2 atom stereocenters. The number of aromatic nitrogens is 3. The zero-order chi connectivity index (χ0) is 19.0. The molecular formula is C19H15ClF2N4O. The number of aromatic amines is 1. The zero-order valence-electron chi connectivity index (χ0n) is 14.1. The third kappa shape index (κ3) is 3.30. The van der Waals surface area contributed by atoms with E-state index in [-0.39, 0.29) is 11.6 Å². The molecule has 1 saturated heterocycles. The zero-order valence-corrected chi connectivity index (χ0v) is 14.8. The Hall–Kier alpha value is -2.80. The SMILES string of the molecule is O=C1[C@H](F)[C@@H](c2ccc(Cl)c(F)c2)CCN1c1cc(-c2ccncc2)[nH]n1. The van der Waals surface area contributed by atoms with Crippen molar-refractivity contribution in [3.63, 3.8) is 0 Å². The van der Waals surface area contributed by atoms with Crippen molar-refractivity contribution < 1.29 is 13.6 Å². The number of rotatable bonds is 3. The van der Waals surface area contributed by atoms with Gasteiger partial charge in [0.25, 0.3) is 5.91 Å². The molecule has 8 heteroatoms. The smallest absolute Gasteiger partial charge is 0.263 e. The molecule has 5 nitrogen and oxygen atoms in total. The van der Waals surface area contributed by atoms with E-state index in [4.69, 9.17) is 11.6 Å². The van der Waals surface area contributed by atoms with Crippen LogP contribution in [-0.4, -0.2) is 33.8 Å². The average Bonchev–Trinajstić information content (AvgIpc) is 3.17. The van der Waals surface area contributed by atoms with Crippen molar-refractivity contribution in [1.82, 2.24) is 15.2 Å². The van der Waals surface area contributed by atoms with Crippen LogP contribution in [0.4, 0.5) is 14.6 Å². The maximum Gasteiger partial charge on any atom is 0.263 e. The summed E-state index contributed by atoms with van der Waals surface area (Å²) in [6.07, 6.45) is 1.87. The molecule has 4 rings (SSSR count). The number of nitrogens with zero attached hydrogens (tertiary/aromatic N) is 3. The lowest BCUT2D eigenvalue weighted by atomic mass is 9.87. The lowest BCUT2D eigenvalue weighted by molar-refractivity contribution is -0.125. The minimum atomic E-state index is -1.78. The van der Waals surface area contributed by atoms with E-state index in [1.807, 2.05) is 0 Å². The average molecular weight is 389 g/mol. The largest absolute Gasteiger partial charge is 0.293 e. The van der Waals surface area contributed by atoms with Gasteiger partial charge in [0.2, 0.25) is 0 Å². The normalized spacial score (nSPS) is 20.1. The first kappa shape index (κ1) is 17.6. The third-order valence-electron chi connectivity index (χ3n) is 4.72. The number of hydrogen-bond donors (Lipinski definition) is 1. The number of halogens is 3. The van der Waals surface area contributed by atoms with E-state index < -0.39 is 23.8 Å². The summed E-state index contributed by atoms with van der Waals surface area (Å²) >= 11 is 5.68. The van der Waals surface area contributed by atoms with Gasteiger partial charge in [-0.3, -0.25) is 19.8 Å². The van der Waals surface area contributed by atoms with Crippen molar-refractivity contribution in [3.05, 3.63) is 65.2 Å². The van der Waals surface area contributed by atoms with Crippen LogP contribution in [0.3, 0.4) is 0 Å². The molecule has 0 saturated carbocycles. The fourth-order valence-corrected chi connectivity index (χ4v) is 3.40. The molecule has 3 aromatic rings. The highest BCUT2D eigenvalue weighted by Crippen LogP contribution is 2.35.